The van der Waals surface area contributed by atoms with Crippen LogP contribution in [0.4, 0.5) is 0 Å². The van der Waals surface area contributed by atoms with Gasteiger partial charge in [0.05, 0.1) is 11.7 Å². The van der Waals surface area contributed by atoms with E-state index in [1.54, 1.807) is 17.9 Å². The lowest BCUT2D eigenvalue weighted by atomic mass is 10.2. The lowest BCUT2D eigenvalue weighted by Gasteiger charge is -2.22. The predicted octanol–water partition coefficient (Wildman–Crippen LogP) is 1.42. The van der Waals surface area contributed by atoms with Gasteiger partial charge < -0.3 is 9.42 Å². The molecule has 128 valence electrons. The summed E-state index contributed by atoms with van der Waals surface area (Å²) in [6.07, 6.45) is 1.66. The number of hydrogen-bond acceptors (Lipinski definition) is 6. The molecular weight excluding hydrogens is 310 g/mol. The summed E-state index contributed by atoms with van der Waals surface area (Å²) >= 11 is 0. The molecule has 2 aromatic heterocycles. The average molecular weight is 331 g/mol. The molecule has 0 aliphatic carbocycles. The summed E-state index contributed by atoms with van der Waals surface area (Å²) in [5.74, 6) is 1.09. The van der Waals surface area contributed by atoms with E-state index in [4.69, 9.17) is 4.52 Å². The molecule has 1 unspecified atom stereocenters. The fourth-order valence-electron chi connectivity index (χ4n) is 2.83. The Morgan fingerprint density at radius 3 is 2.92 bits per heavy atom. The van der Waals surface area contributed by atoms with Gasteiger partial charge in [-0.25, -0.2) is 4.68 Å². The molecule has 24 heavy (non-hydrogen) atoms. The van der Waals surface area contributed by atoms with Crippen LogP contribution in [0.1, 0.15) is 56.1 Å². The first-order valence-corrected chi connectivity index (χ1v) is 8.13. The van der Waals surface area contributed by atoms with E-state index in [-0.39, 0.29) is 30.0 Å². The number of likely N-dealkylation sites (tertiary alicyclic amines) is 1. The zero-order chi connectivity index (χ0) is 17.3. The van der Waals surface area contributed by atoms with E-state index in [9.17, 15) is 9.59 Å². The monoisotopic (exact) mass is 331 g/mol. The quantitative estimate of drug-likeness (QED) is 0.841. The highest BCUT2D eigenvalue weighted by Gasteiger charge is 2.33. The summed E-state index contributed by atoms with van der Waals surface area (Å²) < 4.78 is 6.45. The fraction of sp³-hybridized carbons (Fsp3) is 0.562. The highest BCUT2D eigenvalue weighted by Crippen LogP contribution is 2.31. The van der Waals surface area contributed by atoms with E-state index in [1.165, 1.54) is 10.7 Å². The van der Waals surface area contributed by atoms with Crippen molar-refractivity contribution in [3.05, 3.63) is 39.9 Å². The summed E-state index contributed by atoms with van der Waals surface area (Å²) in [5, 5.41) is 8.14. The molecular formula is C16H21N5O3. The number of aryl methyl sites for hydroxylation is 1. The van der Waals surface area contributed by atoms with Crippen molar-refractivity contribution in [2.24, 2.45) is 0 Å². The number of carbonyl (C=O) groups is 1. The first-order chi connectivity index (χ1) is 11.5. The van der Waals surface area contributed by atoms with E-state index >= 15 is 0 Å². The van der Waals surface area contributed by atoms with Gasteiger partial charge >= 0.3 is 0 Å². The standard InChI is InChI=1S/C16H21N5O3/c1-10(2)16-17-15(19-24-16)12-5-4-8-20(12)14(23)9-21-13(22)7-6-11(3)18-21/h6-7,10,12H,4-5,8-9H2,1-3H3. The Bertz CT molecular complexity index is 795. The molecule has 0 N–H and O–H groups in total. The van der Waals surface area contributed by atoms with Crippen LogP contribution in [0.2, 0.25) is 0 Å². The molecule has 1 amide bonds. The normalized spacial score (nSPS) is 17.7. The SMILES string of the molecule is Cc1ccc(=O)n(CC(=O)N2CCCC2c2noc(C(C)C)n2)n1. The van der Waals surface area contributed by atoms with Crippen molar-refractivity contribution in [3.63, 3.8) is 0 Å². The Morgan fingerprint density at radius 2 is 2.21 bits per heavy atom. The fourth-order valence-corrected chi connectivity index (χ4v) is 2.83. The zero-order valence-corrected chi connectivity index (χ0v) is 14.1. The molecule has 2 aromatic rings. The lowest BCUT2D eigenvalue weighted by molar-refractivity contribution is -0.133. The van der Waals surface area contributed by atoms with Crippen molar-refractivity contribution in [2.45, 2.75) is 52.1 Å². The number of hydrogen-bond donors (Lipinski definition) is 0. The van der Waals surface area contributed by atoms with Gasteiger partial charge in [0.25, 0.3) is 5.56 Å². The first-order valence-electron chi connectivity index (χ1n) is 8.13. The van der Waals surface area contributed by atoms with E-state index in [1.807, 2.05) is 13.8 Å². The second kappa shape index (κ2) is 6.54. The molecule has 0 aromatic carbocycles. The summed E-state index contributed by atoms with van der Waals surface area (Å²) in [6, 6.07) is 2.86. The number of carbonyl (C=O) groups excluding carboxylic acids is 1. The van der Waals surface area contributed by atoms with Crippen molar-refractivity contribution in [3.8, 4) is 0 Å². The van der Waals surface area contributed by atoms with Crippen LogP contribution in [-0.4, -0.2) is 37.3 Å². The topological polar surface area (TPSA) is 94.1 Å². The second-order valence-electron chi connectivity index (χ2n) is 6.36. The van der Waals surface area contributed by atoms with Gasteiger partial charge in [-0.2, -0.15) is 10.1 Å². The molecule has 8 heteroatoms. The van der Waals surface area contributed by atoms with E-state index in [2.05, 4.69) is 15.2 Å². The van der Waals surface area contributed by atoms with Gasteiger partial charge in [0.1, 0.15) is 6.54 Å². The third kappa shape index (κ3) is 3.22. The minimum Gasteiger partial charge on any atom is -0.339 e. The summed E-state index contributed by atoms with van der Waals surface area (Å²) in [5.41, 5.74) is 0.409. The molecule has 0 spiro atoms. The lowest BCUT2D eigenvalue weighted by Crippen LogP contribution is -2.37. The predicted molar refractivity (Wildman–Crippen MR) is 85.3 cm³/mol. The largest absolute Gasteiger partial charge is 0.339 e. The molecule has 1 fully saturated rings. The molecule has 0 bridgehead atoms. The van der Waals surface area contributed by atoms with Gasteiger partial charge in [-0.1, -0.05) is 19.0 Å². The minimum absolute atomic E-state index is 0.0775. The molecule has 1 aliphatic heterocycles. The summed E-state index contributed by atoms with van der Waals surface area (Å²) in [4.78, 5) is 30.6. The minimum atomic E-state index is -0.286. The van der Waals surface area contributed by atoms with Crippen LogP contribution in [0.25, 0.3) is 0 Å². The van der Waals surface area contributed by atoms with E-state index in [0.29, 0.717) is 24.0 Å². The number of nitrogens with zero attached hydrogens (tertiary/aromatic N) is 5. The molecule has 1 aliphatic rings. The Morgan fingerprint density at radius 1 is 1.42 bits per heavy atom. The van der Waals surface area contributed by atoms with Crippen LogP contribution in [0, 0.1) is 6.92 Å². The Hall–Kier alpha value is -2.51. The molecule has 3 rings (SSSR count). The van der Waals surface area contributed by atoms with Crippen LogP contribution in [0.3, 0.4) is 0 Å². The van der Waals surface area contributed by atoms with Crippen LogP contribution >= 0.6 is 0 Å². The van der Waals surface area contributed by atoms with Crippen molar-refractivity contribution >= 4 is 5.91 Å². The molecule has 1 saturated heterocycles. The summed E-state index contributed by atoms with van der Waals surface area (Å²) in [7, 11) is 0. The third-order valence-corrected chi connectivity index (χ3v) is 4.11. The highest BCUT2D eigenvalue weighted by molar-refractivity contribution is 5.76. The number of rotatable bonds is 4. The van der Waals surface area contributed by atoms with Gasteiger partial charge in [0.15, 0.2) is 5.82 Å². The van der Waals surface area contributed by atoms with Crippen molar-refractivity contribution < 1.29 is 9.32 Å². The van der Waals surface area contributed by atoms with Gasteiger partial charge in [-0.3, -0.25) is 9.59 Å². The zero-order valence-electron chi connectivity index (χ0n) is 14.1. The second-order valence-corrected chi connectivity index (χ2v) is 6.36. The van der Waals surface area contributed by atoms with Crippen LogP contribution < -0.4 is 5.56 Å². The van der Waals surface area contributed by atoms with E-state index < -0.39 is 0 Å². The summed E-state index contributed by atoms with van der Waals surface area (Å²) in [6.45, 7) is 6.28. The van der Waals surface area contributed by atoms with Crippen molar-refractivity contribution in [1.29, 1.82) is 0 Å². The van der Waals surface area contributed by atoms with Crippen molar-refractivity contribution in [2.75, 3.05) is 6.54 Å². The number of amides is 1. The Balaban J connectivity index is 1.78. The highest BCUT2D eigenvalue weighted by atomic mass is 16.5. The molecule has 3 heterocycles. The number of aromatic nitrogens is 4. The van der Waals surface area contributed by atoms with Gasteiger partial charge in [-0.15, -0.1) is 0 Å². The Kier molecular flexibility index (Phi) is 4.46. The van der Waals surface area contributed by atoms with Gasteiger partial charge in [0, 0.05) is 18.5 Å². The molecule has 1 atom stereocenters. The van der Waals surface area contributed by atoms with Crippen LogP contribution in [0.5, 0.6) is 0 Å². The molecule has 8 nitrogen and oxygen atoms in total. The maximum absolute atomic E-state index is 12.6. The average Bonchev–Trinajstić information content (AvgIpc) is 3.18. The van der Waals surface area contributed by atoms with Gasteiger partial charge in [-0.05, 0) is 25.8 Å². The maximum atomic E-state index is 12.6. The first kappa shape index (κ1) is 16.4. The smallest absolute Gasteiger partial charge is 0.267 e. The maximum Gasteiger partial charge on any atom is 0.267 e. The van der Waals surface area contributed by atoms with Crippen LogP contribution in [0.15, 0.2) is 21.5 Å². The molecule has 0 radical (unpaired) electrons. The van der Waals surface area contributed by atoms with Gasteiger partial charge in [0.2, 0.25) is 11.8 Å². The van der Waals surface area contributed by atoms with Crippen LogP contribution in [-0.2, 0) is 11.3 Å². The van der Waals surface area contributed by atoms with E-state index in [0.717, 1.165) is 12.8 Å². The molecule has 0 saturated carbocycles. The Labute approximate surface area is 139 Å². The van der Waals surface area contributed by atoms with Crippen molar-refractivity contribution in [1.82, 2.24) is 24.8 Å². The third-order valence-electron chi connectivity index (χ3n) is 4.11.